The van der Waals surface area contributed by atoms with Crippen LogP contribution in [-0.2, 0) is 21.2 Å². The summed E-state index contributed by atoms with van der Waals surface area (Å²) < 4.78 is 28.9. The molecule has 27 heavy (non-hydrogen) atoms. The van der Waals surface area contributed by atoms with E-state index in [-0.39, 0.29) is 22.8 Å². The van der Waals surface area contributed by atoms with Gasteiger partial charge in [0.2, 0.25) is 0 Å². The van der Waals surface area contributed by atoms with E-state index < -0.39 is 15.8 Å². The summed E-state index contributed by atoms with van der Waals surface area (Å²) >= 11 is 0. The van der Waals surface area contributed by atoms with Gasteiger partial charge >= 0.3 is 5.97 Å². The summed E-state index contributed by atoms with van der Waals surface area (Å²) in [6, 6.07) is 6.29. The van der Waals surface area contributed by atoms with E-state index in [1.165, 1.54) is 19.1 Å². The van der Waals surface area contributed by atoms with Crippen LogP contribution in [0.2, 0.25) is 0 Å². The fourth-order valence-corrected chi connectivity index (χ4v) is 3.90. The maximum atomic E-state index is 12.5. The Balaban J connectivity index is 2.34. The van der Waals surface area contributed by atoms with Crippen LogP contribution in [-0.4, -0.2) is 26.4 Å². The second-order valence-corrected chi connectivity index (χ2v) is 8.89. The first-order valence-electron chi connectivity index (χ1n) is 8.52. The zero-order chi connectivity index (χ0) is 20.5. The van der Waals surface area contributed by atoms with Crippen LogP contribution < -0.4 is 0 Å². The van der Waals surface area contributed by atoms with Gasteiger partial charge in [0, 0.05) is 11.8 Å². The van der Waals surface area contributed by atoms with Gasteiger partial charge in [-0.3, -0.25) is 4.79 Å². The van der Waals surface area contributed by atoms with E-state index in [4.69, 9.17) is 4.74 Å². The van der Waals surface area contributed by atoms with Crippen molar-refractivity contribution in [2.24, 2.45) is 0 Å². The van der Waals surface area contributed by atoms with E-state index >= 15 is 0 Å². The summed E-state index contributed by atoms with van der Waals surface area (Å²) in [6.45, 7) is 8.88. The number of carbonyl (C=O) groups is 2. The number of hydrogen-bond acceptors (Lipinski definition) is 5. The highest BCUT2D eigenvalue weighted by Gasteiger charge is 2.18. The first kappa shape index (κ1) is 20.8. The Morgan fingerprint density at radius 3 is 2.15 bits per heavy atom. The van der Waals surface area contributed by atoms with E-state index in [2.05, 4.69) is 0 Å². The van der Waals surface area contributed by atoms with Crippen molar-refractivity contribution in [3.63, 3.8) is 0 Å². The lowest BCUT2D eigenvalue weighted by molar-refractivity contribution is 0.0470. The highest BCUT2D eigenvalue weighted by atomic mass is 32.2. The fourth-order valence-electron chi connectivity index (χ4n) is 3.26. The molecule has 2 aromatic rings. The number of sulfone groups is 1. The molecule has 0 aliphatic heterocycles. The number of esters is 1. The number of Topliss-reactive ketones (excluding diaryl/α,β-unsaturated/α-hetero) is 1. The number of ether oxygens (including phenoxy) is 1. The third kappa shape index (κ3) is 4.45. The highest BCUT2D eigenvalue weighted by Crippen LogP contribution is 2.24. The van der Waals surface area contributed by atoms with Crippen molar-refractivity contribution < 1.29 is 22.7 Å². The molecule has 0 fully saturated rings. The largest absolute Gasteiger partial charge is 0.457 e. The Morgan fingerprint density at radius 2 is 1.59 bits per heavy atom. The third-order valence-electron chi connectivity index (χ3n) is 4.69. The Morgan fingerprint density at radius 1 is 0.963 bits per heavy atom. The molecule has 144 valence electrons. The molecule has 0 saturated heterocycles. The van der Waals surface area contributed by atoms with Crippen molar-refractivity contribution in [2.75, 3.05) is 6.26 Å². The molecule has 6 heteroatoms. The molecule has 0 saturated carbocycles. The lowest BCUT2D eigenvalue weighted by Crippen LogP contribution is -2.12. The van der Waals surface area contributed by atoms with Gasteiger partial charge in [0.05, 0.1) is 10.5 Å². The second-order valence-electron chi connectivity index (χ2n) is 6.87. The van der Waals surface area contributed by atoms with Gasteiger partial charge in [0.15, 0.2) is 15.6 Å². The minimum atomic E-state index is -3.42. The Bertz CT molecular complexity index is 1030. The van der Waals surface area contributed by atoms with Crippen LogP contribution >= 0.6 is 0 Å². The van der Waals surface area contributed by atoms with Gasteiger partial charge in [-0.15, -0.1) is 0 Å². The number of hydrogen-bond donors (Lipinski definition) is 0. The van der Waals surface area contributed by atoms with Gasteiger partial charge in [-0.1, -0.05) is 12.1 Å². The van der Waals surface area contributed by atoms with E-state index in [0.29, 0.717) is 11.1 Å². The molecule has 0 bridgehead atoms. The lowest BCUT2D eigenvalue weighted by atomic mass is 9.92. The summed E-state index contributed by atoms with van der Waals surface area (Å²) in [5.41, 5.74) is 4.90. The van der Waals surface area contributed by atoms with Gasteiger partial charge in [-0.25, -0.2) is 13.2 Å². The summed E-state index contributed by atoms with van der Waals surface area (Å²) in [7, 11) is -3.42. The molecule has 0 unspecified atom stereocenters. The van der Waals surface area contributed by atoms with Crippen molar-refractivity contribution in [1.82, 2.24) is 0 Å². The van der Waals surface area contributed by atoms with Crippen LogP contribution in [0.5, 0.6) is 0 Å². The maximum Gasteiger partial charge on any atom is 0.338 e. The quantitative estimate of drug-likeness (QED) is 0.574. The van der Waals surface area contributed by atoms with Gasteiger partial charge in [0.1, 0.15) is 6.61 Å². The summed E-state index contributed by atoms with van der Waals surface area (Å²) in [5, 5.41) is 0. The molecule has 0 aromatic heterocycles. The molecular formula is C21H24O5S. The highest BCUT2D eigenvalue weighted by molar-refractivity contribution is 7.90. The van der Waals surface area contributed by atoms with Gasteiger partial charge in [-0.05, 0) is 74.6 Å². The van der Waals surface area contributed by atoms with Crippen molar-refractivity contribution >= 4 is 21.6 Å². The summed E-state index contributed by atoms with van der Waals surface area (Å²) in [5.74, 6) is -0.629. The molecule has 2 rings (SSSR count). The van der Waals surface area contributed by atoms with E-state index in [9.17, 15) is 18.0 Å². The molecule has 0 atom stereocenters. The van der Waals surface area contributed by atoms with Gasteiger partial charge in [-0.2, -0.15) is 0 Å². The number of carbonyl (C=O) groups excluding carboxylic acids is 2. The minimum absolute atomic E-state index is 0.0135. The maximum absolute atomic E-state index is 12.5. The summed E-state index contributed by atoms with van der Waals surface area (Å²) in [4.78, 5) is 24.5. The van der Waals surface area contributed by atoms with Crippen molar-refractivity contribution in [2.45, 2.75) is 46.1 Å². The topological polar surface area (TPSA) is 77.5 Å². The van der Waals surface area contributed by atoms with Crippen molar-refractivity contribution in [3.05, 3.63) is 63.2 Å². The molecule has 0 radical (unpaired) electrons. The smallest absolute Gasteiger partial charge is 0.338 e. The number of rotatable bonds is 5. The number of aryl methyl sites for hydroxylation is 3. The molecule has 0 aliphatic carbocycles. The molecular weight excluding hydrogens is 364 g/mol. The zero-order valence-electron chi connectivity index (χ0n) is 16.5. The molecule has 0 N–H and O–H groups in total. The van der Waals surface area contributed by atoms with Gasteiger partial charge < -0.3 is 4.74 Å². The van der Waals surface area contributed by atoms with Crippen LogP contribution in [0.15, 0.2) is 29.2 Å². The normalized spacial score (nSPS) is 11.3. The second kappa shape index (κ2) is 7.64. The lowest BCUT2D eigenvalue weighted by Gasteiger charge is -2.16. The first-order valence-corrected chi connectivity index (χ1v) is 10.4. The SMILES string of the molecule is CC(=O)c1c(C)cc(C)c(COC(=O)c2cc(S(C)(=O)=O)ccc2C)c1C. The average molecular weight is 388 g/mol. The molecule has 0 spiro atoms. The fraction of sp³-hybridized carbons (Fsp3) is 0.333. The Labute approximate surface area is 160 Å². The third-order valence-corrected chi connectivity index (χ3v) is 5.80. The first-order chi connectivity index (χ1) is 12.4. The standard InChI is InChI=1S/C21H24O5S/c1-12-7-8-17(27(6,24)25)10-18(12)21(23)26-11-19-13(2)9-14(3)20(15(19)4)16(5)22/h7-10H,11H2,1-6H3. The predicted octanol–water partition coefficient (Wildman–Crippen LogP) is 3.88. The Hall–Kier alpha value is -2.47. The summed E-state index contributed by atoms with van der Waals surface area (Å²) in [6.07, 6.45) is 1.09. The Kier molecular flexibility index (Phi) is 5.90. The van der Waals surface area contributed by atoms with Crippen LogP contribution in [0.4, 0.5) is 0 Å². The molecule has 5 nitrogen and oxygen atoms in total. The van der Waals surface area contributed by atoms with Crippen molar-refractivity contribution in [1.29, 1.82) is 0 Å². The van der Waals surface area contributed by atoms with E-state index in [1.807, 2.05) is 26.8 Å². The molecule has 0 amide bonds. The number of ketones is 1. The molecule has 0 aliphatic rings. The monoisotopic (exact) mass is 388 g/mol. The van der Waals surface area contributed by atoms with Crippen molar-refractivity contribution in [3.8, 4) is 0 Å². The average Bonchev–Trinajstić information content (AvgIpc) is 2.52. The zero-order valence-corrected chi connectivity index (χ0v) is 17.3. The van der Waals surface area contributed by atoms with E-state index in [1.54, 1.807) is 13.0 Å². The van der Waals surface area contributed by atoms with Crippen LogP contribution in [0.25, 0.3) is 0 Å². The van der Waals surface area contributed by atoms with E-state index in [0.717, 1.165) is 28.5 Å². The number of benzene rings is 2. The van der Waals surface area contributed by atoms with Crippen LogP contribution in [0, 0.1) is 27.7 Å². The molecule has 2 aromatic carbocycles. The van der Waals surface area contributed by atoms with Gasteiger partial charge in [0.25, 0.3) is 0 Å². The van der Waals surface area contributed by atoms with Crippen LogP contribution in [0.3, 0.4) is 0 Å². The predicted molar refractivity (Wildman–Crippen MR) is 104 cm³/mol. The molecule has 0 heterocycles. The van der Waals surface area contributed by atoms with Crippen LogP contribution in [0.1, 0.15) is 55.5 Å². The minimum Gasteiger partial charge on any atom is -0.457 e.